The summed E-state index contributed by atoms with van der Waals surface area (Å²) in [7, 11) is 0. The van der Waals surface area contributed by atoms with Crippen LogP contribution in [0.15, 0.2) is 23.1 Å². The molecule has 0 unspecified atom stereocenters. The van der Waals surface area contributed by atoms with E-state index in [1.54, 1.807) is 23.1 Å². The molecule has 2 heterocycles. The number of fused-ring (bicyclic) bond motifs is 1. The molecule has 0 saturated carbocycles. The standard InChI is InChI=1S/C6H6N2O.ClH/c9-6-2-5-7-3-1-4-8(6)7;/h1-2,4-5H,3H2;1H. The lowest BCUT2D eigenvalue weighted by Crippen LogP contribution is -2.12. The minimum atomic E-state index is 0. The third kappa shape index (κ3) is 0.789. The average molecular weight is 159 g/mol. The van der Waals surface area contributed by atoms with Crippen molar-refractivity contribution >= 4 is 18.6 Å². The number of nitrogens with zero attached hydrogens (tertiary/aromatic N) is 2. The van der Waals surface area contributed by atoms with Crippen molar-refractivity contribution in [2.75, 3.05) is 0 Å². The normalized spacial score (nSPS) is 12.8. The van der Waals surface area contributed by atoms with Crippen molar-refractivity contribution in [1.82, 2.24) is 9.36 Å². The van der Waals surface area contributed by atoms with Crippen molar-refractivity contribution in [3.63, 3.8) is 0 Å². The fourth-order valence-corrected chi connectivity index (χ4v) is 0.987. The maximum atomic E-state index is 10.8. The van der Waals surface area contributed by atoms with E-state index in [1.165, 1.54) is 0 Å². The quantitative estimate of drug-likeness (QED) is 0.542. The van der Waals surface area contributed by atoms with E-state index in [0.717, 1.165) is 6.54 Å². The largest absolute Gasteiger partial charge is 0.282 e. The highest BCUT2D eigenvalue weighted by Gasteiger charge is 2.01. The molecule has 0 spiro atoms. The zero-order chi connectivity index (χ0) is 6.27. The van der Waals surface area contributed by atoms with Crippen LogP contribution in [0.25, 0.3) is 6.20 Å². The SMILES string of the molecule is Cl.O=c1ccn2n1C=CC2. The van der Waals surface area contributed by atoms with Crippen LogP contribution in [-0.4, -0.2) is 9.36 Å². The summed E-state index contributed by atoms with van der Waals surface area (Å²) in [4.78, 5) is 10.8. The Hall–Kier alpha value is -0.960. The molecule has 10 heavy (non-hydrogen) atoms. The summed E-state index contributed by atoms with van der Waals surface area (Å²) < 4.78 is 3.43. The van der Waals surface area contributed by atoms with E-state index in [-0.39, 0.29) is 18.0 Å². The molecule has 0 bridgehead atoms. The lowest BCUT2D eigenvalue weighted by atomic mass is 10.6. The molecule has 0 N–H and O–H groups in total. The van der Waals surface area contributed by atoms with Crippen LogP contribution in [0.2, 0.25) is 0 Å². The van der Waals surface area contributed by atoms with Gasteiger partial charge in [-0.2, -0.15) is 0 Å². The van der Waals surface area contributed by atoms with Gasteiger partial charge < -0.3 is 0 Å². The Kier molecular flexibility index (Phi) is 1.68. The first-order valence-corrected chi connectivity index (χ1v) is 2.82. The second kappa shape index (κ2) is 2.34. The van der Waals surface area contributed by atoms with Crippen molar-refractivity contribution in [2.24, 2.45) is 0 Å². The molecule has 1 aliphatic heterocycles. The number of allylic oxidation sites excluding steroid dienone is 1. The van der Waals surface area contributed by atoms with E-state index < -0.39 is 0 Å². The molecule has 0 fully saturated rings. The Morgan fingerprint density at radius 1 is 1.50 bits per heavy atom. The summed E-state index contributed by atoms with van der Waals surface area (Å²) in [5, 5.41) is 0. The van der Waals surface area contributed by atoms with Gasteiger partial charge in [0.25, 0.3) is 5.56 Å². The fourth-order valence-electron chi connectivity index (χ4n) is 0.987. The van der Waals surface area contributed by atoms with Gasteiger partial charge in [0.15, 0.2) is 0 Å². The van der Waals surface area contributed by atoms with E-state index >= 15 is 0 Å². The number of halogens is 1. The lowest BCUT2D eigenvalue weighted by Gasteiger charge is -1.93. The summed E-state index contributed by atoms with van der Waals surface area (Å²) in [5.74, 6) is 0. The van der Waals surface area contributed by atoms with Crippen LogP contribution in [-0.2, 0) is 6.54 Å². The fraction of sp³-hybridized carbons (Fsp3) is 0.167. The van der Waals surface area contributed by atoms with Crippen LogP contribution in [0.5, 0.6) is 0 Å². The van der Waals surface area contributed by atoms with Crippen LogP contribution in [0, 0.1) is 0 Å². The second-order valence-electron chi connectivity index (χ2n) is 2.01. The van der Waals surface area contributed by atoms with Crippen LogP contribution < -0.4 is 5.56 Å². The molecule has 0 saturated heterocycles. The van der Waals surface area contributed by atoms with Crippen molar-refractivity contribution in [2.45, 2.75) is 6.54 Å². The van der Waals surface area contributed by atoms with E-state index in [2.05, 4.69) is 0 Å². The first-order chi connectivity index (χ1) is 4.38. The average Bonchev–Trinajstić information content (AvgIpc) is 2.35. The Labute approximate surface area is 64.0 Å². The maximum Gasteiger partial charge on any atom is 0.270 e. The molecular formula is C6H7ClN2O. The van der Waals surface area contributed by atoms with Gasteiger partial charge in [0, 0.05) is 18.5 Å². The molecule has 0 aromatic carbocycles. The van der Waals surface area contributed by atoms with Gasteiger partial charge in [0.05, 0.1) is 6.54 Å². The minimum Gasteiger partial charge on any atom is -0.282 e. The zero-order valence-electron chi connectivity index (χ0n) is 5.23. The van der Waals surface area contributed by atoms with Crippen molar-refractivity contribution in [3.8, 4) is 0 Å². The number of aromatic nitrogens is 2. The molecule has 3 nitrogen and oxygen atoms in total. The van der Waals surface area contributed by atoms with Gasteiger partial charge in [-0.05, 0) is 6.08 Å². The first kappa shape index (κ1) is 7.15. The number of hydrogen-bond acceptors (Lipinski definition) is 1. The third-order valence-electron chi connectivity index (χ3n) is 1.43. The minimum absolute atomic E-state index is 0. The molecule has 0 radical (unpaired) electrons. The summed E-state index contributed by atoms with van der Waals surface area (Å²) in [6.07, 6.45) is 5.51. The van der Waals surface area contributed by atoms with Gasteiger partial charge in [-0.25, -0.2) is 4.68 Å². The van der Waals surface area contributed by atoms with Gasteiger partial charge in [-0.1, -0.05) is 0 Å². The van der Waals surface area contributed by atoms with Gasteiger partial charge in [0.2, 0.25) is 0 Å². The van der Waals surface area contributed by atoms with Crippen LogP contribution in [0.4, 0.5) is 0 Å². The van der Waals surface area contributed by atoms with Gasteiger partial charge in [0.1, 0.15) is 0 Å². The Bertz CT molecular complexity index is 310. The van der Waals surface area contributed by atoms with Crippen molar-refractivity contribution in [3.05, 3.63) is 28.7 Å². The van der Waals surface area contributed by atoms with E-state index in [0.29, 0.717) is 0 Å². The van der Waals surface area contributed by atoms with Gasteiger partial charge in [-0.15, -0.1) is 12.4 Å². The van der Waals surface area contributed by atoms with E-state index in [9.17, 15) is 4.79 Å². The number of hydrogen-bond donors (Lipinski definition) is 0. The van der Waals surface area contributed by atoms with Crippen LogP contribution >= 0.6 is 12.4 Å². The highest BCUT2D eigenvalue weighted by molar-refractivity contribution is 5.85. The van der Waals surface area contributed by atoms with Crippen molar-refractivity contribution in [1.29, 1.82) is 0 Å². The highest BCUT2D eigenvalue weighted by atomic mass is 35.5. The van der Waals surface area contributed by atoms with Gasteiger partial charge >= 0.3 is 0 Å². The molecule has 1 aromatic rings. The van der Waals surface area contributed by atoms with E-state index in [4.69, 9.17) is 0 Å². The Balaban J connectivity index is 0.000000500. The second-order valence-corrected chi connectivity index (χ2v) is 2.01. The maximum absolute atomic E-state index is 10.8. The van der Waals surface area contributed by atoms with Crippen LogP contribution in [0.3, 0.4) is 0 Å². The van der Waals surface area contributed by atoms with Crippen molar-refractivity contribution < 1.29 is 0 Å². The molecule has 1 aromatic heterocycles. The molecule has 0 aliphatic carbocycles. The molecule has 2 rings (SSSR count). The Morgan fingerprint density at radius 2 is 2.30 bits per heavy atom. The number of rotatable bonds is 0. The highest BCUT2D eigenvalue weighted by Crippen LogP contribution is 1.96. The molecular weight excluding hydrogens is 152 g/mol. The predicted molar refractivity (Wildman–Crippen MR) is 41.3 cm³/mol. The topological polar surface area (TPSA) is 26.9 Å². The summed E-state index contributed by atoms with van der Waals surface area (Å²) in [6, 6.07) is 1.56. The molecule has 4 heteroatoms. The zero-order valence-corrected chi connectivity index (χ0v) is 6.04. The predicted octanol–water partition coefficient (Wildman–Crippen LogP) is 0.556. The molecule has 1 aliphatic rings. The summed E-state index contributed by atoms with van der Waals surface area (Å²) >= 11 is 0. The summed E-state index contributed by atoms with van der Waals surface area (Å²) in [5.41, 5.74) is 0.0451. The third-order valence-corrected chi connectivity index (χ3v) is 1.43. The first-order valence-electron chi connectivity index (χ1n) is 2.82. The summed E-state index contributed by atoms with van der Waals surface area (Å²) in [6.45, 7) is 0.822. The van der Waals surface area contributed by atoms with E-state index in [1.807, 2.05) is 10.8 Å². The smallest absolute Gasteiger partial charge is 0.270 e. The Morgan fingerprint density at radius 3 is 3.00 bits per heavy atom. The molecule has 0 atom stereocenters. The molecule has 54 valence electrons. The van der Waals surface area contributed by atoms with Gasteiger partial charge in [-0.3, -0.25) is 9.48 Å². The molecule has 0 amide bonds. The monoisotopic (exact) mass is 158 g/mol. The van der Waals surface area contributed by atoms with Crippen LogP contribution in [0.1, 0.15) is 0 Å². The lowest BCUT2D eigenvalue weighted by molar-refractivity contribution is 0.658.